The Kier molecular flexibility index (Phi) is 12.5. The molecule has 0 aromatic heterocycles. The van der Waals surface area contributed by atoms with Gasteiger partial charge in [-0.3, -0.25) is 4.99 Å². The van der Waals surface area contributed by atoms with E-state index in [9.17, 15) is 0 Å². The third-order valence-corrected chi connectivity index (χ3v) is 16.5. The summed E-state index contributed by atoms with van der Waals surface area (Å²) in [5.41, 5.74) is 8.40. The summed E-state index contributed by atoms with van der Waals surface area (Å²) in [6.45, 7) is 1.41. The van der Waals surface area contributed by atoms with Crippen LogP contribution in [0.2, 0.25) is 0 Å². The van der Waals surface area contributed by atoms with Crippen LogP contribution in [0.3, 0.4) is 0 Å². The topological polar surface area (TPSA) is 85.6 Å². The van der Waals surface area contributed by atoms with Gasteiger partial charge in [0, 0.05) is 6.42 Å². The Morgan fingerprint density at radius 2 is 1.22 bits per heavy atom. The van der Waals surface area contributed by atoms with Crippen molar-refractivity contribution >= 4 is 45.0 Å². The van der Waals surface area contributed by atoms with Gasteiger partial charge in [-0.25, -0.2) is 5.32 Å². The van der Waals surface area contributed by atoms with Gasteiger partial charge in [0.25, 0.3) is 5.96 Å². The van der Waals surface area contributed by atoms with E-state index < -0.39 is 5.96 Å². The molecule has 6 nitrogen and oxygen atoms in total. The van der Waals surface area contributed by atoms with Gasteiger partial charge >= 0.3 is 219 Å². The number of aliphatic imine (C=N–C) groups is 1. The summed E-state index contributed by atoms with van der Waals surface area (Å²) in [5.74, 6) is -1.26. The van der Waals surface area contributed by atoms with Crippen molar-refractivity contribution in [1.82, 2.24) is 10.6 Å². The molecule has 0 aliphatic carbocycles. The molecule has 6 rings (SSSR count). The number of nitrogens with zero attached hydrogens (tertiary/aromatic N) is 1. The fourth-order valence-corrected chi connectivity index (χ4v) is 12.6. The smallest absolute Gasteiger partial charge is 1.00 e. The van der Waals surface area contributed by atoms with E-state index in [1.807, 2.05) is 30.3 Å². The number of unbranched alkanes of at least 4 members (excludes halogenated alkanes) is 2. The van der Waals surface area contributed by atoms with E-state index in [1.54, 1.807) is 0 Å². The molecule has 1 unspecified atom stereocenters. The minimum atomic E-state index is -3.23. The quantitative estimate of drug-likeness (QED) is 0.103. The summed E-state index contributed by atoms with van der Waals surface area (Å²) < 4.78 is 6.16. The van der Waals surface area contributed by atoms with Crippen LogP contribution in [0.1, 0.15) is 36.6 Å². The normalized spacial score (nSPS) is 15.9. The van der Waals surface area contributed by atoms with Crippen molar-refractivity contribution in [3.8, 4) is 5.75 Å². The van der Waals surface area contributed by atoms with Gasteiger partial charge in [0.2, 0.25) is 0 Å². The Bertz CT molecular complexity index is 1710. The standard InChI is InChI=1S/C40H43ClN5OP.BrH/c41-48(35-18-8-2-9-19-35,36-20-10-3-11-21-36,37-22-12-4-13-23-37)31-15-5-14-30-47-34-26-24-33(25-27-34)38-44-39(42)46-40(45-38)43-29-28-32-16-6-1-7-17-32;/h1-4,6-13,16-27,38H,5,14-15,28-31H2,(H4,42,43,44,45,46);1H. The second-order valence-electron chi connectivity index (χ2n) is 12.1. The molecule has 1 atom stereocenters. The number of benzene rings is 5. The number of nitrogens with one attached hydrogen (secondary N) is 3. The van der Waals surface area contributed by atoms with Crippen LogP contribution in [-0.4, -0.2) is 31.2 Å². The first kappa shape index (κ1) is 36.1. The third kappa shape index (κ3) is 8.53. The van der Waals surface area contributed by atoms with Crippen LogP contribution in [0.5, 0.6) is 5.75 Å². The summed E-state index contributed by atoms with van der Waals surface area (Å²) in [5, 5.41) is 10.1. The molecule has 0 spiro atoms. The molecular weight excluding hydrogens is 713 g/mol. The molecule has 5 aromatic carbocycles. The Morgan fingerprint density at radius 3 is 1.78 bits per heavy atom. The molecule has 0 saturated carbocycles. The van der Waals surface area contributed by atoms with E-state index in [0.29, 0.717) is 12.6 Å². The average molecular weight is 757 g/mol. The molecular formula is C40H44BrClN5OP. The van der Waals surface area contributed by atoms with Crippen LogP contribution in [-0.2, 0) is 6.42 Å². The van der Waals surface area contributed by atoms with Gasteiger partial charge in [-0.15, -0.1) is 0 Å². The number of nitrogens with two attached hydrogens (primary N) is 1. The predicted octanol–water partition coefficient (Wildman–Crippen LogP) is 2.11. The Balaban J connectivity index is 0.00000468. The molecule has 254 valence electrons. The van der Waals surface area contributed by atoms with Gasteiger partial charge in [0.15, 0.2) is 0 Å². The summed E-state index contributed by atoms with van der Waals surface area (Å²) in [6.07, 6.45) is 4.44. The monoisotopic (exact) mass is 755 g/mol. The molecule has 0 fully saturated rings. The second-order valence-corrected chi connectivity index (χ2v) is 18.7. The minimum absolute atomic E-state index is 0. The van der Waals surface area contributed by atoms with Crippen molar-refractivity contribution in [3.63, 3.8) is 0 Å². The van der Waals surface area contributed by atoms with Gasteiger partial charge in [-0.05, 0) is 5.56 Å². The van der Waals surface area contributed by atoms with Crippen molar-refractivity contribution in [2.24, 2.45) is 10.7 Å². The second kappa shape index (κ2) is 17.0. The van der Waals surface area contributed by atoms with Crippen molar-refractivity contribution < 1.29 is 26.7 Å². The maximum absolute atomic E-state index is 8.20. The third-order valence-electron chi connectivity index (χ3n) is 8.93. The van der Waals surface area contributed by atoms with Crippen molar-refractivity contribution in [1.29, 1.82) is 0 Å². The van der Waals surface area contributed by atoms with E-state index in [1.165, 1.54) is 21.5 Å². The van der Waals surface area contributed by atoms with Gasteiger partial charge in [0.05, 0.1) is 6.54 Å². The zero-order chi connectivity index (χ0) is 33.1. The number of halogens is 2. The first-order valence-corrected chi connectivity index (χ1v) is 20.0. The van der Waals surface area contributed by atoms with Gasteiger partial charge < -0.3 is 22.7 Å². The number of hydrogen-bond acceptors (Lipinski definition) is 3. The number of ether oxygens (including phenoxy) is 1. The molecule has 0 amide bonds. The fraction of sp³-hybridized carbons (Fsp3) is 0.200. The molecule has 5 N–H and O–H groups in total. The molecule has 5 aromatic rings. The number of guanidine groups is 2. The molecule has 0 radical (unpaired) electrons. The predicted molar refractivity (Wildman–Crippen MR) is 203 cm³/mol. The summed E-state index contributed by atoms with van der Waals surface area (Å²) in [7, 11) is 0. The van der Waals surface area contributed by atoms with Crippen LogP contribution in [0.25, 0.3) is 0 Å². The Morgan fingerprint density at radius 1 is 0.694 bits per heavy atom. The van der Waals surface area contributed by atoms with Gasteiger partial charge in [-0.2, -0.15) is 0 Å². The molecule has 0 saturated heterocycles. The molecule has 1 aliphatic heterocycles. The first-order valence-electron chi connectivity index (χ1n) is 16.7. The van der Waals surface area contributed by atoms with Crippen LogP contribution < -0.4 is 59.0 Å². The van der Waals surface area contributed by atoms with Gasteiger partial charge in [-0.1, -0.05) is 30.3 Å². The van der Waals surface area contributed by atoms with Crippen molar-refractivity contribution in [2.45, 2.75) is 31.8 Å². The van der Waals surface area contributed by atoms with Crippen LogP contribution in [0.15, 0.2) is 151 Å². The van der Waals surface area contributed by atoms with Crippen LogP contribution in [0.4, 0.5) is 0 Å². The van der Waals surface area contributed by atoms with Gasteiger partial charge in [0.1, 0.15) is 0 Å². The molecule has 1 heterocycles. The first-order chi connectivity index (χ1) is 23.5. The van der Waals surface area contributed by atoms with E-state index in [-0.39, 0.29) is 23.1 Å². The van der Waals surface area contributed by atoms with Crippen LogP contribution >= 0.6 is 17.2 Å². The average Bonchev–Trinajstić information content (AvgIpc) is 3.14. The Hall–Kier alpha value is -4.16. The van der Waals surface area contributed by atoms with E-state index in [2.05, 4.69) is 136 Å². The maximum atomic E-state index is 8.20. The van der Waals surface area contributed by atoms with E-state index in [0.717, 1.165) is 55.7 Å². The van der Waals surface area contributed by atoms with Crippen molar-refractivity contribution in [3.05, 3.63) is 157 Å². The van der Waals surface area contributed by atoms with E-state index in [4.69, 9.17) is 21.7 Å². The SMILES string of the molecule is NC1=NC(c2ccc(OCCCCCP(Cl)(c3ccccc3)(c3ccccc3)c3ccccc3)cc2)NC(=[NH+]CCc2ccccc2)N1.[Br-]. The molecule has 49 heavy (non-hydrogen) atoms. The Labute approximate surface area is 305 Å². The zero-order valence-corrected chi connectivity index (χ0v) is 30.8. The summed E-state index contributed by atoms with van der Waals surface area (Å²) >= 11 is 8.20. The molecule has 9 heteroatoms. The zero-order valence-electron chi connectivity index (χ0n) is 27.5. The number of hydrogen-bond donors (Lipinski definition) is 4. The molecule has 1 aliphatic rings. The fourth-order valence-electron chi connectivity index (χ4n) is 6.41. The van der Waals surface area contributed by atoms with E-state index >= 15 is 0 Å². The number of rotatable bonds is 14. The summed E-state index contributed by atoms with van der Waals surface area (Å²) in [6, 6.07) is 50.5. The summed E-state index contributed by atoms with van der Waals surface area (Å²) in [4.78, 5) is 7.95. The minimum Gasteiger partial charge on any atom is -1.00 e. The van der Waals surface area contributed by atoms with Crippen LogP contribution in [0, 0.1) is 0 Å². The van der Waals surface area contributed by atoms with Crippen molar-refractivity contribution in [2.75, 3.05) is 19.3 Å². The molecule has 0 bridgehead atoms.